The number of halogens is 4. The lowest BCUT2D eigenvalue weighted by Gasteiger charge is -2.42. The molecule has 0 heterocycles. The fourth-order valence-electron chi connectivity index (χ4n) is 5.72. The van der Waals surface area contributed by atoms with Crippen LogP contribution in [0.25, 0.3) is 0 Å². The van der Waals surface area contributed by atoms with Crippen LogP contribution in [0.3, 0.4) is 0 Å². The predicted octanol–water partition coefficient (Wildman–Crippen LogP) is 3.13. The Labute approximate surface area is 250 Å². The molecule has 4 N–H and O–H groups in total. The van der Waals surface area contributed by atoms with Crippen LogP contribution in [0.15, 0.2) is 35.2 Å². The predicted molar refractivity (Wildman–Crippen MR) is 147 cm³/mol. The van der Waals surface area contributed by atoms with E-state index < -0.39 is 80.0 Å². The van der Waals surface area contributed by atoms with Gasteiger partial charge in [-0.3, -0.25) is 9.59 Å². The zero-order valence-electron chi connectivity index (χ0n) is 23.1. The van der Waals surface area contributed by atoms with Crippen molar-refractivity contribution in [3.05, 3.63) is 58.4 Å². The van der Waals surface area contributed by atoms with Crippen LogP contribution in [0.5, 0.6) is 0 Å². The second-order valence-corrected chi connectivity index (χ2v) is 13.5. The number of carbonyl (C=O) groups excluding carboxylic acids is 3. The molecule has 0 saturated heterocycles. The maximum atomic E-state index is 13.7. The standard InChI is InChI=1S/C28H30ClF3N2O8S/c1-13(35)27(38)42-14(2)25(36)33-12-28(39)16-4-5-17(28)9-19(8-16)43(40,41)23-7-15(3-6-20(23)29)26(37)34-18-10-21(30)24(32)22(31)11-18/h3,6-7,10-11,13-14,16-17,19,35,39H,4-5,8-9,12H2,1-2H3,(H,33,36)(H,34,37)/t13-,14-,16?,17?,19?,28?/m0/s1. The summed E-state index contributed by atoms with van der Waals surface area (Å²) in [5, 5.41) is 24.4. The molecular weight excluding hydrogens is 617 g/mol. The maximum Gasteiger partial charge on any atom is 0.335 e. The van der Waals surface area contributed by atoms with Gasteiger partial charge in [-0.25, -0.2) is 26.4 Å². The molecule has 43 heavy (non-hydrogen) atoms. The van der Waals surface area contributed by atoms with Crippen LogP contribution >= 0.6 is 11.6 Å². The number of aliphatic hydroxyl groups is 2. The Balaban J connectivity index is 1.47. The van der Waals surface area contributed by atoms with E-state index in [4.69, 9.17) is 16.3 Å². The third-order valence-corrected chi connectivity index (χ3v) is 10.8. The van der Waals surface area contributed by atoms with Crippen molar-refractivity contribution in [3.8, 4) is 0 Å². The minimum Gasteiger partial charge on any atom is -0.451 e. The summed E-state index contributed by atoms with van der Waals surface area (Å²) in [6, 6.07) is 4.62. The average molecular weight is 647 g/mol. The number of aliphatic hydroxyl groups excluding tert-OH is 1. The van der Waals surface area contributed by atoms with Gasteiger partial charge in [0.25, 0.3) is 11.8 Å². The highest BCUT2D eigenvalue weighted by Gasteiger charge is 2.55. The summed E-state index contributed by atoms with van der Waals surface area (Å²) in [5.74, 6) is -8.34. The van der Waals surface area contributed by atoms with Crippen LogP contribution in [0.1, 0.15) is 49.9 Å². The van der Waals surface area contributed by atoms with Crippen molar-refractivity contribution in [2.24, 2.45) is 11.8 Å². The first kappa shape index (κ1) is 32.7. The van der Waals surface area contributed by atoms with E-state index in [9.17, 15) is 46.2 Å². The van der Waals surface area contributed by atoms with Crippen LogP contribution in [-0.2, 0) is 24.2 Å². The molecule has 0 radical (unpaired) electrons. The smallest absolute Gasteiger partial charge is 0.335 e. The fraction of sp³-hybridized carbons (Fsp3) is 0.464. The first-order valence-electron chi connectivity index (χ1n) is 13.4. The zero-order valence-corrected chi connectivity index (χ0v) is 24.6. The lowest BCUT2D eigenvalue weighted by molar-refractivity contribution is -0.162. The van der Waals surface area contributed by atoms with Gasteiger partial charge in [0.1, 0.15) is 6.10 Å². The Morgan fingerprint density at radius 3 is 2.21 bits per heavy atom. The SMILES string of the molecule is C[C@H](O)C(=O)O[C@@H](C)C(=O)NCC1(O)C2CCC1CC(S(=O)(=O)c1cc(C(=O)Nc3cc(F)c(F)c(F)c3)ccc1Cl)C2. The number of anilines is 1. The van der Waals surface area contributed by atoms with Crippen molar-refractivity contribution in [2.45, 2.75) is 67.5 Å². The summed E-state index contributed by atoms with van der Waals surface area (Å²) in [7, 11) is -4.14. The molecule has 2 aromatic rings. The van der Waals surface area contributed by atoms with Gasteiger partial charge in [0, 0.05) is 29.9 Å². The van der Waals surface area contributed by atoms with E-state index in [1.165, 1.54) is 26.0 Å². The zero-order chi connectivity index (χ0) is 31.9. The van der Waals surface area contributed by atoms with Gasteiger partial charge in [0.2, 0.25) is 0 Å². The minimum absolute atomic E-state index is 0.0403. The Hall–Kier alpha value is -3.20. The fourth-order valence-corrected chi connectivity index (χ4v) is 8.13. The Morgan fingerprint density at radius 1 is 1.07 bits per heavy atom. The van der Waals surface area contributed by atoms with E-state index in [0.29, 0.717) is 25.0 Å². The van der Waals surface area contributed by atoms with Gasteiger partial charge in [-0.15, -0.1) is 0 Å². The molecule has 2 unspecified atom stereocenters. The van der Waals surface area contributed by atoms with Crippen molar-refractivity contribution >= 4 is 44.9 Å². The highest BCUT2D eigenvalue weighted by Crippen LogP contribution is 2.52. The number of nitrogens with one attached hydrogen (secondary N) is 2. The molecule has 15 heteroatoms. The number of carbonyl (C=O) groups is 3. The molecule has 4 atom stereocenters. The highest BCUT2D eigenvalue weighted by atomic mass is 35.5. The summed E-state index contributed by atoms with van der Waals surface area (Å²) in [6.45, 7) is 2.30. The molecule has 10 nitrogen and oxygen atoms in total. The maximum absolute atomic E-state index is 13.7. The molecule has 234 valence electrons. The van der Waals surface area contributed by atoms with E-state index in [1.54, 1.807) is 0 Å². The Morgan fingerprint density at radius 2 is 1.65 bits per heavy atom. The second-order valence-electron chi connectivity index (χ2n) is 10.9. The number of benzene rings is 2. The summed E-state index contributed by atoms with van der Waals surface area (Å²) >= 11 is 6.24. The number of esters is 1. The molecule has 2 aromatic carbocycles. The largest absolute Gasteiger partial charge is 0.451 e. The number of amides is 2. The Bertz CT molecular complexity index is 1520. The van der Waals surface area contributed by atoms with E-state index in [-0.39, 0.29) is 40.6 Å². The van der Waals surface area contributed by atoms with Crippen molar-refractivity contribution in [2.75, 3.05) is 11.9 Å². The first-order valence-corrected chi connectivity index (χ1v) is 15.3. The number of sulfone groups is 1. The van der Waals surface area contributed by atoms with Crippen LogP contribution < -0.4 is 10.6 Å². The lowest BCUT2D eigenvalue weighted by Crippen LogP contribution is -2.55. The molecule has 2 aliphatic carbocycles. The average Bonchev–Trinajstić information content (AvgIpc) is 3.09. The van der Waals surface area contributed by atoms with Gasteiger partial charge < -0.3 is 25.6 Å². The normalized spacial score (nSPS) is 24.6. The number of hydrogen-bond donors (Lipinski definition) is 4. The molecule has 2 saturated carbocycles. The van der Waals surface area contributed by atoms with Gasteiger partial charge in [0.15, 0.2) is 33.4 Å². The van der Waals surface area contributed by atoms with Crippen LogP contribution in [0.4, 0.5) is 18.9 Å². The topological polar surface area (TPSA) is 159 Å². The monoisotopic (exact) mass is 646 g/mol. The number of hydrogen-bond acceptors (Lipinski definition) is 8. The second kappa shape index (κ2) is 12.4. The third-order valence-electron chi connectivity index (χ3n) is 8.10. The molecule has 0 spiro atoms. The lowest BCUT2D eigenvalue weighted by atomic mass is 9.74. The molecule has 2 fully saturated rings. The van der Waals surface area contributed by atoms with Crippen molar-refractivity contribution in [1.29, 1.82) is 0 Å². The van der Waals surface area contributed by atoms with Crippen molar-refractivity contribution in [1.82, 2.24) is 5.32 Å². The molecule has 2 amide bonds. The Kier molecular flexibility index (Phi) is 9.45. The third kappa shape index (κ3) is 6.66. The van der Waals surface area contributed by atoms with E-state index in [0.717, 1.165) is 6.07 Å². The molecule has 2 aliphatic rings. The highest BCUT2D eigenvalue weighted by molar-refractivity contribution is 7.92. The van der Waals surface area contributed by atoms with Gasteiger partial charge in [-0.05, 0) is 69.6 Å². The summed E-state index contributed by atoms with van der Waals surface area (Å²) in [4.78, 5) is 36.4. The number of ether oxygens (including phenoxy) is 1. The van der Waals surface area contributed by atoms with E-state index in [1.807, 2.05) is 0 Å². The number of fused-ring (bicyclic) bond motifs is 2. The summed E-state index contributed by atoms with van der Waals surface area (Å²) in [5.41, 5.74) is -1.98. The van der Waals surface area contributed by atoms with E-state index in [2.05, 4.69) is 10.6 Å². The summed E-state index contributed by atoms with van der Waals surface area (Å²) < 4.78 is 72.7. The summed E-state index contributed by atoms with van der Waals surface area (Å²) in [6.07, 6.45) is -1.57. The molecule has 0 aliphatic heterocycles. The van der Waals surface area contributed by atoms with Crippen LogP contribution in [-0.4, -0.2) is 66.0 Å². The first-order chi connectivity index (χ1) is 20.0. The van der Waals surface area contributed by atoms with Crippen LogP contribution in [0.2, 0.25) is 5.02 Å². The number of rotatable bonds is 9. The van der Waals surface area contributed by atoms with Gasteiger partial charge in [-0.2, -0.15) is 0 Å². The van der Waals surface area contributed by atoms with Crippen molar-refractivity contribution in [3.63, 3.8) is 0 Å². The van der Waals surface area contributed by atoms with Crippen LogP contribution in [0, 0.1) is 29.3 Å². The van der Waals surface area contributed by atoms with Crippen molar-refractivity contribution < 1.29 is 50.9 Å². The molecule has 2 bridgehead atoms. The quantitative estimate of drug-likeness (QED) is 0.239. The van der Waals surface area contributed by atoms with E-state index >= 15 is 0 Å². The minimum atomic E-state index is -4.14. The molecule has 0 aromatic heterocycles. The molecule has 4 rings (SSSR count). The van der Waals surface area contributed by atoms with Gasteiger partial charge in [-0.1, -0.05) is 11.6 Å². The molecular formula is C28H30ClF3N2O8S. The van der Waals surface area contributed by atoms with Gasteiger partial charge >= 0.3 is 5.97 Å². The van der Waals surface area contributed by atoms with Gasteiger partial charge in [0.05, 0.1) is 20.8 Å².